The number of ketones is 1. The fourth-order valence-electron chi connectivity index (χ4n) is 9.03. The fourth-order valence-corrected chi connectivity index (χ4v) is 9.03. The van der Waals surface area contributed by atoms with Crippen molar-refractivity contribution in [2.24, 2.45) is 48.0 Å². The summed E-state index contributed by atoms with van der Waals surface area (Å²) >= 11 is 0. The summed E-state index contributed by atoms with van der Waals surface area (Å²) in [7, 11) is 1.99. The standard InChI is InChI=1S/C28H38N2O2/c1-27(32)14-12-18-17(16-27)8-9-20-19(18)13-15-28(2)21(20)10-11-22(28)25(31)26-29-23-6-4-5-7-24(23)30(26)3/h4-7,17-22,32H,8-16H2,1-3H3/t17-,18+,19-,20-,21+,22-,27-,28+/m1/s1. The average Bonchev–Trinajstić information content (AvgIpc) is 3.29. The van der Waals surface area contributed by atoms with Gasteiger partial charge in [-0.2, -0.15) is 0 Å². The van der Waals surface area contributed by atoms with Crippen molar-refractivity contribution in [3.05, 3.63) is 30.1 Å². The van der Waals surface area contributed by atoms with E-state index >= 15 is 0 Å². The molecule has 4 aliphatic rings. The average molecular weight is 435 g/mol. The number of benzene rings is 1. The summed E-state index contributed by atoms with van der Waals surface area (Å²) in [5.74, 6) is 4.80. The molecule has 32 heavy (non-hydrogen) atoms. The topological polar surface area (TPSA) is 55.1 Å². The highest BCUT2D eigenvalue weighted by Crippen LogP contribution is 2.64. The molecule has 4 saturated carbocycles. The molecule has 0 unspecified atom stereocenters. The van der Waals surface area contributed by atoms with Crippen molar-refractivity contribution in [2.75, 3.05) is 0 Å². The molecule has 0 bridgehead atoms. The number of carbonyl (C=O) groups is 1. The van der Waals surface area contributed by atoms with Crippen molar-refractivity contribution in [1.29, 1.82) is 0 Å². The molecule has 6 rings (SSSR count). The first-order valence-electron chi connectivity index (χ1n) is 13.0. The maximum absolute atomic E-state index is 13.8. The van der Waals surface area contributed by atoms with E-state index in [1.54, 1.807) is 0 Å². The van der Waals surface area contributed by atoms with Crippen molar-refractivity contribution >= 4 is 16.8 Å². The molecule has 8 atom stereocenters. The SMILES string of the molecule is Cn1c(C(=O)[C@H]2CC[C@H]3[C@@H]4CC[C@@H]5C[C@](C)(O)CC[C@@H]5[C@H]4CC[C@]23C)nc2ccccc21. The second-order valence-corrected chi connectivity index (χ2v) is 12.2. The molecule has 4 nitrogen and oxygen atoms in total. The predicted molar refractivity (Wildman–Crippen MR) is 126 cm³/mol. The maximum atomic E-state index is 13.8. The van der Waals surface area contributed by atoms with Gasteiger partial charge in [-0.05, 0) is 112 Å². The summed E-state index contributed by atoms with van der Waals surface area (Å²) in [5, 5.41) is 10.6. The number of aromatic nitrogens is 2. The lowest BCUT2D eigenvalue weighted by Crippen LogP contribution is -2.51. The Bertz CT molecular complexity index is 1050. The minimum Gasteiger partial charge on any atom is -0.390 e. The Morgan fingerprint density at radius 2 is 1.78 bits per heavy atom. The number of hydrogen-bond acceptors (Lipinski definition) is 3. The van der Waals surface area contributed by atoms with Gasteiger partial charge in [0.15, 0.2) is 5.82 Å². The lowest BCUT2D eigenvalue weighted by molar-refractivity contribution is -0.0976. The van der Waals surface area contributed by atoms with Crippen molar-refractivity contribution < 1.29 is 9.90 Å². The largest absolute Gasteiger partial charge is 0.390 e. The van der Waals surface area contributed by atoms with Crippen molar-refractivity contribution in [3.63, 3.8) is 0 Å². The van der Waals surface area contributed by atoms with Crippen LogP contribution in [0.2, 0.25) is 0 Å². The number of carbonyl (C=O) groups excluding carboxylic acids is 1. The first-order chi connectivity index (χ1) is 15.3. The third-order valence-electron chi connectivity index (χ3n) is 10.6. The molecule has 4 heteroatoms. The summed E-state index contributed by atoms with van der Waals surface area (Å²) in [6.45, 7) is 4.48. The van der Waals surface area contributed by atoms with Gasteiger partial charge in [0.2, 0.25) is 5.78 Å². The number of para-hydroxylation sites is 2. The van der Waals surface area contributed by atoms with E-state index in [4.69, 9.17) is 4.98 Å². The van der Waals surface area contributed by atoms with Gasteiger partial charge in [-0.15, -0.1) is 0 Å². The molecule has 1 aromatic carbocycles. The van der Waals surface area contributed by atoms with Crippen molar-refractivity contribution in [3.8, 4) is 0 Å². The van der Waals surface area contributed by atoms with E-state index in [0.29, 0.717) is 17.7 Å². The van der Waals surface area contributed by atoms with Crippen molar-refractivity contribution in [1.82, 2.24) is 9.55 Å². The number of hydrogen-bond donors (Lipinski definition) is 1. The van der Waals surface area contributed by atoms with Gasteiger partial charge in [0, 0.05) is 13.0 Å². The predicted octanol–water partition coefficient (Wildman–Crippen LogP) is 5.78. The van der Waals surface area contributed by atoms with Crippen LogP contribution in [0.3, 0.4) is 0 Å². The summed E-state index contributed by atoms with van der Waals surface area (Å²) in [4.78, 5) is 18.6. The fraction of sp³-hybridized carbons (Fsp3) is 0.714. The third kappa shape index (κ3) is 2.97. The second-order valence-electron chi connectivity index (χ2n) is 12.2. The number of aliphatic hydroxyl groups is 1. The maximum Gasteiger partial charge on any atom is 0.201 e. The molecular formula is C28H38N2O2. The Hall–Kier alpha value is -1.68. The van der Waals surface area contributed by atoms with Crippen LogP contribution in [0.5, 0.6) is 0 Å². The number of rotatable bonds is 2. The van der Waals surface area contributed by atoms with E-state index in [-0.39, 0.29) is 17.1 Å². The lowest BCUT2D eigenvalue weighted by atomic mass is 9.49. The van der Waals surface area contributed by atoms with Crippen LogP contribution in [-0.2, 0) is 7.05 Å². The molecule has 0 amide bonds. The highest BCUT2D eigenvalue weighted by Gasteiger charge is 2.59. The first-order valence-corrected chi connectivity index (χ1v) is 13.0. The Balaban J connectivity index is 1.26. The zero-order valence-electron chi connectivity index (χ0n) is 19.9. The number of fused-ring (bicyclic) bond motifs is 6. The molecule has 0 saturated heterocycles. The summed E-state index contributed by atoms with van der Waals surface area (Å²) < 4.78 is 2.01. The van der Waals surface area contributed by atoms with Gasteiger partial charge >= 0.3 is 0 Å². The normalized spacial score (nSPS) is 43.5. The van der Waals surface area contributed by atoms with E-state index in [1.807, 2.05) is 36.7 Å². The molecule has 1 aromatic heterocycles. The van der Waals surface area contributed by atoms with Crippen LogP contribution in [0.1, 0.15) is 82.3 Å². The van der Waals surface area contributed by atoms with E-state index in [9.17, 15) is 9.90 Å². The second kappa shape index (κ2) is 7.16. The lowest BCUT2D eigenvalue weighted by Gasteiger charge is -2.56. The number of aryl methyl sites for hydroxylation is 1. The molecule has 4 aliphatic carbocycles. The molecule has 2 aromatic rings. The van der Waals surface area contributed by atoms with Gasteiger partial charge in [-0.1, -0.05) is 19.1 Å². The molecule has 0 spiro atoms. The zero-order valence-corrected chi connectivity index (χ0v) is 19.9. The van der Waals surface area contributed by atoms with E-state index in [2.05, 4.69) is 13.0 Å². The van der Waals surface area contributed by atoms with Crippen LogP contribution in [-0.4, -0.2) is 26.0 Å². The smallest absolute Gasteiger partial charge is 0.201 e. The number of imidazole rings is 1. The van der Waals surface area contributed by atoms with Gasteiger partial charge in [0.05, 0.1) is 16.6 Å². The van der Waals surface area contributed by atoms with Crippen molar-refractivity contribution in [2.45, 2.75) is 77.2 Å². The van der Waals surface area contributed by atoms with Crippen LogP contribution >= 0.6 is 0 Å². The Kier molecular flexibility index (Phi) is 4.67. The molecule has 4 fully saturated rings. The monoisotopic (exact) mass is 434 g/mol. The molecule has 0 aliphatic heterocycles. The van der Waals surface area contributed by atoms with Gasteiger partial charge in [0.1, 0.15) is 0 Å². The van der Waals surface area contributed by atoms with Gasteiger partial charge in [-0.3, -0.25) is 4.79 Å². The molecular weight excluding hydrogens is 396 g/mol. The van der Waals surface area contributed by atoms with Crippen LogP contribution in [0.4, 0.5) is 0 Å². The Morgan fingerprint density at radius 3 is 2.59 bits per heavy atom. The Morgan fingerprint density at radius 1 is 1.00 bits per heavy atom. The molecule has 1 N–H and O–H groups in total. The van der Waals surface area contributed by atoms with E-state index in [0.717, 1.165) is 48.0 Å². The summed E-state index contributed by atoms with van der Waals surface area (Å²) in [6, 6.07) is 8.09. The van der Waals surface area contributed by atoms with Crippen LogP contribution in [0.15, 0.2) is 24.3 Å². The van der Waals surface area contributed by atoms with Gasteiger partial charge in [-0.25, -0.2) is 4.98 Å². The third-order valence-corrected chi connectivity index (χ3v) is 10.6. The molecule has 172 valence electrons. The quantitative estimate of drug-likeness (QED) is 0.610. The first kappa shape index (κ1) is 20.9. The van der Waals surface area contributed by atoms with Gasteiger partial charge < -0.3 is 9.67 Å². The van der Waals surface area contributed by atoms with Crippen LogP contribution < -0.4 is 0 Å². The molecule has 0 radical (unpaired) electrons. The summed E-state index contributed by atoms with van der Waals surface area (Å²) in [5.41, 5.74) is 1.64. The minimum atomic E-state index is -0.451. The van der Waals surface area contributed by atoms with Crippen LogP contribution in [0, 0.1) is 40.9 Å². The minimum absolute atomic E-state index is 0.105. The molecule has 1 heterocycles. The van der Waals surface area contributed by atoms with E-state index in [1.165, 1.54) is 38.5 Å². The van der Waals surface area contributed by atoms with Gasteiger partial charge in [0.25, 0.3) is 0 Å². The Labute approximate surface area is 191 Å². The zero-order chi connectivity index (χ0) is 22.3. The highest BCUT2D eigenvalue weighted by atomic mass is 16.3. The number of nitrogens with zero attached hydrogens (tertiary/aromatic N) is 2. The van der Waals surface area contributed by atoms with Crippen LogP contribution in [0.25, 0.3) is 11.0 Å². The summed E-state index contributed by atoms with van der Waals surface area (Å²) in [6.07, 6.45) is 10.4. The van der Waals surface area contributed by atoms with E-state index < -0.39 is 5.60 Å². The highest BCUT2D eigenvalue weighted by molar-refractivity contribution is 5.98. The number of Topliss-reactive ketones (excluding diaryl/α,β-unsaturated/α-hetero) is 1.